The molecule has 1 aromatic heterocycles. The molecule has 0 aliphatic heterocycles. The fourth-order valence-corrected chi connectivity index (χ4v) is 1.31. The SMILES string of the molecule is CC(C)N(CCO)c1ccc(N)cn1. The van der Waals surface area contributed by atoms with Gasteiger partial charge in [-0.1, -0.05) is 0 Å². The van der Waals surface area contributed by atoms with Crippen LogP contribution in [-0.4, -0.2) is 29.3 Å². The molecule has 3 N–H and O–H groups in total. The molecule has 0 unspecified atom stereocenters. The zero-order valence-corrected chi connectivity index (χ0v) is 8.64. The molecular formula is C10H17N3O. The molecule has 0 bridgehead atoms. The van der Waals surface area contributed by atoms with E-state index in [1.54, 1.807) is 6.20 Å². The number of pyridine rings is 1. The minimum absolute atomic E-state index is 0.129. The van der Waals surface area contributed by atoms with E-state index in [-0.39, 0.29) is 6.61 Å². The van der Waals surface area contributed by atoms with Crippen LogP contribution in [-0.2, 0) is 0 Å². The lowest BCUT2D eigenvalue weighted by atomic mass is 10.3. The third-order valence-corrected chi connectivity index (χ3v) is 2.03. The van der Waals surface area contributed by atoms with Crippen LogP contribution in [0, 0.1) is 0 Å². The van der Waals surface area contributed by atoms with Crippen molar-refractivity contribution in [1.82, 2.24) is 4.98 Å². The van der Waals surface area contributed by atoms with Gasteiger partial charge in [0.05, 0.1) is 18.5 Å². The second kappa shape index (κ2) is 4.81. The zero-order valence-electron chi connectivity index (χ0n) is 8.64. The molecule has 0 spiro atoms. The first-order valence-corrected chi connectivity index (χ1v) is 4.74. The third-order valence-electron chi connectivity index (χ3n) is 2.03. The Morgan fingerprint density at radius 1 is 1.50 bits per heavy atom. The Labute approximate surface area is 84.4 Å². The summed E-state index contributed by atoms with van der Waals surface area (Å²) in [6.07, 6.45) is 1.63. The summed E-state index contributed by atoms with van der Waals surface area (Å²) in [6.45, 7) is 4.85. The van der Waals surface area contributed by atoms with Crippen molar-refractivity contribution in [2.45, 2.75) is 19.9 Å². The van der Waals surface area contributed by atoms with Crippen LogP contribution in [0.4, 0.5) is 11.5 Å². The van der Waals surface area contributed by atoms with Gasteiger partial charge in [-0.05, 0) is 26.0 Å². The topological polar surface area (TPSA) is 62.4 Å². The van der Waals surface area contributed by atoms with E-state index in [9.17, 15) is 0 Å². The summed E-state index contributed by atoms with van der Waals surface area (Å²) in [6, 6.07) is 4.00. The van der Waals surface area contributed by atoms with Gasteiger partial charge in [-0.25, -0.2) is 4.98 Å². The quantitative estimate of drug-likeness (QED) is 0.748. The van der Waals surface area contributed by atoms with Gasteiger partial charge in [-0.15, -0.1) is 0 Å². The molecule has 0 radical (unpaired) electrons. The van der Waals surface area contributed by atoms with Gasteiger partial charge >= 0.3 is 0 Å². The highest BCUT2D eigenvalue weighted by Gasteiger charge is 2.10. The van der Waals surface area contributed by atoms with Crippen LogP contribution < -0.4 is 10.6 Å². The molecule has 0 aromatic carbocycles. The van der Waals surface area contributed by atoms with Crippen LogP contribution in [0.5, 0.6) is 0 Å². The van der Waals surface area contributed by atoms with E-state index >= 15 is 0 Å². The normalized spacial score (nSPS) is 10.6. The van der Waals surface area contributed by atoms with Gasteiger partial charge in [-0.3, -0.25) is 0 Å². The van der Waals surface area contributed by atoms with E-state index in [1.807, 2.05) is 17.0 Å². The van der Waals surface area contributed by atoms with Crippen molar-refractivity contribution in [3.05, 3.63) is 18.3 Å². The first kappa shape index (κ1) is 10.8. The molecule has 14 heavy (non-hydrogen) atoms. The van der Waals surface area contributed by atoms with Crippen LogP contribution in [0.2, 0.25) is 0 Å². The maximum atomic E-state index is 8.91. The number of aromatic nitrogens is 1. The molecule has 0 atom stereocenters. The lowest BCUT2D eigenvalue weighted by molar-refractivity contribution is 0.298. The van der Waals surface area contributed by atoms with Gasteiger partial charge in [0.25, 0.3) is 0 Å². The summed E-state index contributed by atoms with van der Waals surface area (Å²) in [7, 11) is 0. The molecule has 1 heterocycles. The Bertz CT molecular complexity index is 271. The number of hydrogen-bond donors (Lipinski definition) is 2. The molecule has 4 heteroatoms. The van der Waals surface area contributed by atoms with Crippen molar-refractivity contribution >= 4 is 11.5 Å². The number of hydrogen-bond acceptors (Lipinski definition) is 4. The summed E-state index contributed by atoms with van der Waals surface area (Å²) < 4.78 is 0. The average Bonchev–Trinajstić information content (AvgIpc) is 2.15. The smallest absolute Gasteiger partial charge is 0.128 e. The molecule has 78 valence electrons. The maximum Gasteiger partial charge on any atom is 0.128 e. The van der Waals surface area contributed by atoms with Crippen LogP contribution >= 0.6 is 0 Å². The fourth-order valence-electron chi connectivity index (χ4n) is 1.31. The Kier molecular flexibility index (Phi) is 3.71. The van der Waals surface area contributed by atoms with Crippen LogP contribution in [0.25, 0.3) is 0 Å². The number of nitrogens with two attached hydrogens (primary N) is 1. The summed E-state index contributed by atoms with van der Waals surface area (Å²) in [5.74, 6) is 0.850. The first-order chi connectivity index (χ1) is 6.65. The van der Waals surface area contributed by atoms with E-state index in [0.29, 0.717) is 18.3 Å². The summed E-state index contributed by atoms with van der Waals surface area (Å²) in [5.41, 5.74) is 6.20. The predicted octanol–water partition coefficient (Wildman–Crippen LogP) is 0.871. The summed E-state index contributed by atoms with van der Waals surface area (Å²) in [5, 5.41) is 8.91. The number of aliphatic hydroxyl groups is 1. The van der Waals surface area contributed by atoms with Crippen LogP contribution in [0.3, 0.4) is 0 Å². The second-order valence-corrected chi connectivity index (χ2v) is 3.46. The predicted molar refractivity (Wildman–Crippen MR) is 58.2 cm³/mol. The zero-order chi connectivity index (χ0) is 10.6. The Morgan fingerprint density at radius 2 is 2.21 bits per heavy atom. The minimum atomic E-state index is 0.129. The van der Waals surface area contributed by atoms with Crippen molar-refractivity contribution in [1.29, 1.82) is 0 Å². The van der Waals surface area contributed by atoms with E-state index in [0.717, 1.165) is 5.82 Å². The molecule has 4 nitrogen and oxygen atoms in total. The monoisotopic (exact) mass is 195 g/mol. The lowest BCUT2D eigenvalue weighted by Crippen LogP contribution is -2.34. The largest absolute Gasteiger partial charge is 0.397 e. The van der Waals surface area contributed by atoms with E-state index in [2.05, 4.69) is 18.8 Å². The molecule has 1 aromatic rings. The van der Waals surface area contributed by atoms with E-state index < -0.39 is 0 Å². The molecule has 1 rings (SSSR count). The van der Waals surface area contributed by atoms with Gasteiger partial charge in [0.15, 0.2) is 0 Å². The van der Waals surface area contributed by atoms with Gasteiger partial charge in [0.1, 0.15) is 5.82 Å². The highest BCUT2D eigenvalue weighted by molar-refractivity contribution is 5.46. The van der Waals surface area contributed by atoms with E-state index in [1.165, 1.54) is 0 Å². The average molecular weight is 195 g/mol. The molecule has 0 amide bonds. The minimum Gasteiger partial charge on any atom is -0.397 e. The maximum absolute atomic E-state index is 8.91. The second-order valence-electron chi connectivity index (χ2n) is 3.46. The summed E-state index contributed by atoms with van der Waals surface area (Å²) in [4.78, 5) is 6.24. The lowest BCUT2D eigenvalue weighted by Gasteiger charge is -2.26. The standard InChI is InChI=1S/C10H17N3O/c1-8(2)13(5-6-14)10-4-3-9(11)7-12-10/h3-4,7-8,14H,5-6,11H2,1-2H3. The molecule has 0 saturated carbocycles. The van der Waals surface area contributed by atoms with Crippen LogP contribution in [0.15, 0.2) is 18.3 Å². The number of nitrogens with zero attached hydrogens (tertiary/aromatic N) is 2. The van der Waals surface area contributed by atoms with Gasteiger partial charge in [0, 0.05) is 12.6 Å². The number of rotatable bonds is 4. The first-order valence-electron chi connectivity index (χ1n) is 4.74. The van der Waals surface area contributed by atoms with Crippen molar-refractivity contribution in [2.24, 2.45) is 0 Å². The van der Waals surface area contributed by atoms with Crippen molar-refractivity contribution in [2.75, 3.05) is 23.8 Å². The van der Waals surface area contributed by atoms with Crippen molar-refractivity contribution < 1.29 is 5.11 Å². The Balaban J connectivity index is 2.82. The summed E-state index contributed by atoms with van der Waals surface area (Å²) >= 11 is 0. The molecule has 0 fully saturated rings. The highest BCUT2D eigenvalue weighted by atomic mass is 16.3. The third kappa shape index (κ3) is 2.60. The Morgan fingerprint density at radius 3 is 2.64 bits per heavy atom. The van der Waals surface area contributed by atoms with E-state index in [4.69, 9.17) is 10.8 Å². The van der Waals surface area contributed by atoms with Gasteiger partial charge < -0.3 is 15.7 Å². The van der Waals surface area contributed by atoms with Gasteiger partial charge in [-0.2, -0.15) is 0 Å². The molecule has 0 saturated heterocycles. The van der Waals surface area contributed by atoms with Crippen molar-refractivity contribution in [3.63, 3.8) is 0 Å². The molecular weight excluding hydrogens is 178 g/mol. The highest BCUT2D eigenvalue weighted by Crippen LogP contribution is 2.14. The number of anilines is 2. The van der Waals surface area contributed by atoms with Crippen LogP contribution in [0.1, 0.15) is 13.8 Å². The number of nitrogen functional groups attached to an aromatic ring is 1. The van der Waals surface area contributed by atoms with Gasteiger partial charge in [0.2, 0.25) is 0 Å². The molecule has 0 aliphatic rings. The fraction of sp³-hybridized carbons (Fsp3) is 0.500. The Hall–Kier alpha value is -1.29. The van der Waals surface area contributed by atoms with Crippen molar-refractivity contribution in [3.8, 4) is 0 Å². The number of aliphatic hydroxyl groups excluding tert-OH is 1. The molecule has 0 aliphatic carbocycles.